The summed E-state index contributed by atoms with van der Waals surface area (Å²) in [6.07, 6.45) is 2.68. The zero-order valence-corrected chi connectivity index (χ0v) is 12.1. The SMILES string of the molecule is Cc1ccc(CN(C)S(=O)(=O)c2cnccc2Cl)o1. The van der Waals surface area contributed by atoms with Gasteiger partial charge in [-0.2, -0.15) is 4.31 Å². The van der Waals surface area contributed by atoms with Crippen LogP contribution < -0.4 is 0 Å². The molecule has 0 atom stereocenters. The molecule has 0 saturated carbocycles. The Bertz CT molecular complexity index is 682. The van der Waals surface area contributed by atoms with Crippen LogP contribution in [0.15, 0.2) is 39.9 Å². The molecule has 102 valence electrons. The van der Waals surface area contributed by atoms with Gasteiger partial charge in [-0.3, -0.25) is 4.98 Å². The van der Waals surface area contributed by atoms with E-state index in [1.165, 1.54) is 29.8 Å². The summed E-state index contributed by atoms with van der Waals surface area (Å²) in [5.74, 6) is 1.31. The van der Waals surface area contributed by atoms with Crippen LogP contribution in [0.2, 0.25) is 5.02 Å². The first-order valence-electron chi connectivity index (χ1n) is 5.52. The summed E-state index contributed by atoms with van der Waals surface area (Å²) in [6, 6.07) is 4.97. The lowest BCUT2D eigenvalue weighted by molar-refractivity contribution is 0.397. The molecule has 0 saturated heterocycles. The molecule has 0 unspecified atom stereocenters. The second kappa shape index (κ2) is 5.32. The molecule has 0 aliphatic rings. The van der Waals surface area contributed by atoms with Gasteiger partial charge >= 0.3 is 0 Å². The Hall–Kier alpha value is -1.37. The number of hydrogen-bond donors (Lipinski definition) is 0. The van der Waals surface area contributed by atoms with Crippen molar-refractivity contribution in [1.82, 2.24) is 9.29 Å². The van der Waals surface area contributed by atoms with Gasteiger partial charge in [0.15, 0.2) is 0 Å². The summed E-state index contributed by atoms with van der Waals surface area (Å²) in [4.78, 5) is 3.78. The van der Waals surface area contributed by atoms with E-state index in [1.807, 2.05) is 0 Å². The van der Waals surface area contributed by atoms with Crippen LogP contribution >= 0.6 is 11.6 Å². The van der Waals surface area contributed by atoms with E-state index < -0.39 is 10.0 Å². The van der Waals surface area contributed by atoms with Crippen molar-refractivity contribution in [3.8, 4) is 0 Å². The number of furan rings is 1. The van der Waals surface area contributed by atoms with Crippen molar-refractivity contribution in [2.45, 2.75) is 18.4 Å². The molecule has 0 aliphatic carbocycles. The molecule has 0 aliphatic heterocycles. The molecule has 2 rings (SSSR count). The molecule has 0 amide bonds. The molecule has 0 spiro atoms. The number of sulfonamides is 1. The molecule has 2 heterocycles. The van der Waals surface area contributed by atoms with Crippen molar-refractivity contribution in [1.29, 1.82) is 0 Å². The van der Waals surface area contributed by atoms with E-state index in [4.69, 9.17) is 16.0 Å². The van der Waals surface area contributed by atoms with Crippen LogP contribution in [0.3, 0.4) is 0 Å². The smallest absolute Gasteiger partial charge is 0.246 e. The largest absolute Gasteiger partial charge is 0.465 e. The minimum atomic E-state index is -3.68. The van der Waals surface area contributed by atoms with Crippen LogP contribution in [-0.4, -0.2) is 24.8 Å². The quantitative estimate of drug-likeness (QED) is 0.870. The zero-order chi connectivity index (χ0) is 14.0. The van der Waals surface area contributed by atoms with E-state index in [1.54, 1.807) is 19.1 Å². The van der Waals surface area contributed by atoms with Gasteiger partial charge in [-0.25, -0.2) is 8.42 Å². The molecule has 5 nitrogen and oxygen atoms in total. The summed E-state index contributed by atoms with van der Waals surface area (Å²) >= 11 is 5.89. The number of pyridine rings is 1. The summed E-state index contributed by atoms with van der Waals surface area (Å²) in [7, 11) is -2.21. The Kier molecular flexibility index (Phi) is 3.93. The first kappa shape index (κ1) is 14.0. The second-order valence-electron chi connectivity index (χ2n) is 4.08. The van der Waals surface area contributed by atoms with E-state index in [0.29, 0.717) is 5.76 Å². The highest BCUT2D eigenvalue weighted by Crippen LogP contribution is 2.23. The highest BCUT2D eigenvalue weighted by atomic mass is 35.5. The fourth-order valence-electron chi connectivity index (χ4n) is 1.60. The Balaban J connectivity index is 2.27. The number of rotatable bonds is 4. The predicted octanol–water partition coefficient (Wildman–Crippen LogP) is 2.46. The molecule has 0 aromatic carbocycles. The summed E-state index contributed by atoms with van der Waals surface area (Å²) in [5, 5.41) is 0.150. The lowest BCUT2D eigenvalue weighted by Gasteiger charge is -2.16. The molecule has 2 aromatic rings. The fraction of sp³-hybridized carbons (Fsp3) is 0.250. The monoisotopic (exact) mass is 300 g/mol. The summed E-state index contributed by atoms with van der Waals surface area (Å²) in [6.45, 7) is 1.94. The molecule has 0 radical (unpaired) electrons. The third-order valence-corrected chi connectivity index (χ3v) is 4.87. The fourth-order valence-corrected chi connectivity index (χ4v) is 3.13. The summed E-state index contributed by atoms with van der Waals surface area (Å²) in [5.41, 5.74) is 0. The van der Waals surface area contributed by atoms with E-state index in [-0.39, 0.29) is 16.5 Å². The number of aromatic nitrogens is 1. The first-order valence-corrected chi connectivity index (χ1v) is 7.34. The summed E-state index contributed by atoms with van der Waals surface area (Å²) < 4.78 is 31.2. The van der Waals surface area contributed by atoms with Crippen LogP contribution in [-0.2, 0) is 16.6 Å². The third-order valence-electron chi connectivity index (χ3n) is 2.60. The molecule has 0 bridgehead atoms. The van der Waals surface area contributed by atoms with Gasteiger partial charge < -0.3 is 4.42 Å². The van der Waals surface area contributed by atoms with Crippen LogP contribution in [0, 0.1) is 6.92 Å². The lowest BCUT2D eigenvalue weighted by atomic mass is 10.4. The van der Waals surface area contributed by atoms with Crippen molar-refractivity contribution < 1.29 is 12.8 Å². The van der Waals surface area contributed by atoms with Crippen molar-refractivity contribution in [3.63, 3.8) is 0 Å². The highest BCUT2D eigenvalue weighted by molar-refractivity contribution is 7.89. The maximum Gasteiger partial charge on any atom is 0.246 e. The minimum Gasteiger partial charge on any atom is -0.465 e. The van der Waals surface area contributed by atoms with Crippen molar-refractivity contribution >= 4 is 21.6 Å². The van der Waals surface area contributed by atoms with Gasteiger partial charge in [0.25, 0.3) is 0 Å². The maximum atomic E-state index is 12.3. The lowest BCUT2D eigenvalue weighted by Crippen LogP contribution is -2.26. The minimum absolute atomic E-state index is 0.0116. The average Bonchev–Trinajstić information content (AvgIpc) is 2.75. The first-order chi connectivity index (χ1) is 8.91. The zero-order valence-electron chi connectivity index (χ0n) is 10.5. The average molecular weight is 301 g/mol. The van der Waals surface area contributed by atoms with Gasteiger partial charge in [-0.1, -0.05) is 11.6 Å². The number of hydrogen-bond acceptors (Lipinski definition) is 4. The standard InChI is InChI=1S/C12H13ClN2O3S/c1-9-3-4-10(18-9)8-15(2)19(16,17)12-7-14-6-5-11(12)13/h3-7H,8H2,1-2H3. The van der Waals surface area contributed by atoms with Gasteiger partial charge in [-0.05, 0) is 25.1 Å². The molecule has 19 heavy (non-hydrogen) atoms. The number of aryl methyl sites for hydroxylation is 1. The third kappa shape index (κ3) is 2.97. The van der Waals surface area contributed by atoms with Gasteiger partial charge in [0, 0.05) is 19.4 Å². The molecular formula is C12H13ClN2O3S. The van der Waals surface area contributed by atoms with Gasteiger partial charge in [-0.15, -0.1) is 0 Å². The van der Waals surface area contributed by atoms with E-state index in [9.17, 15) is 8.42 Å². The topological polar surface area (TPSA) is 63.4 Å². The number of nitrogens with zero attached hydrogens (tertiary/aromatic N) is 2. The Labute approximate surface area is 116 Å². The van der Waals surface area contributed by atoms with E-state index in [0.717, 1.165) is 5.76 Å². The molecule has 0 fully saturated rings. The molecule has 2 aromatic heterocycles. The van der Waals surface area contributed by atoms with Crippen LogP contribution in [0.5, 0.6) is 0 Å². The number of halogens is 1. The Morgan fingerprint density at radius 1 is 1.37 bits per heavy atom. The van der Waals surface area contributed by atoms with Crippen molar-refractivity contribution in [2.24, 2.45) is 0 Å². The Morgan fingerprint density at radius 3 is 2.68 bits per heavy atom. The maximum absolute atomic E-state index is 12.3. The van der Waals surface area contributed by atoms with Gasteiger partial charge in [0.2, 0.25) is 10.0 Å². The Morgan fingerprint density at radius 2 is 2.11 bits per heavy atom. The van der Waals surface area contributed by atoms with Crippen LogP contribution in [0.4, 0.5) is 0 Å². The van der Waals surface area contributed by atoms with E-state index >= 15 is 0 Å². The van der Waals surface area contributed by atoms with Crippen LogP contribution in [0.25, 0.3) is 0 Å². The second-order valence-corrected chi connectivity index (χ2v) is 6.50. The van der Waals surface area contributed by atoms with Gasteiger partial charge in [0.1, 0.15) is 16.4 Å². The highest BCUT2D eigenvalue weighted by Gasteiger charge is 2.24. The van der Waals surface area contributed by atoms with Crippen molar-refractivity contribution in [2.75, 3.05) is 7.05 Å². The molecule has 7 heteroatoms. The normalized spacial score (nSPS) is 12.0. The molecule has 0 N–H and O–H groups in total. The molecular weight excluding hydrogens is 288 g/mol. The van der Waals surface area contributed by atoms with Crippen LogP contribution in [0.1, 0.15) is 11.5 Å². The van der Waals surface area contributed by atoms with E-state index in [2.05, 4.69) is 4.98 Å². The van der Waals surface area contributed by atoms with Crippen molar-refractivity contribution in [3.05, 3.63) is 47.1 Å². The predicted molar refractivity (Wildman–Crippen MR) is 71.3 cm³/mol. The van der Waals surface area contributed by atoms with Gasteiger partial charge in [0.05, 0.1) is 11.6 Å².